The van der Waals surface area contributed by atoms with E-state index in [1.165, 1.54) is 7.11 Å². The van der Waals surface area contributed by atoms with Crippen molar-refractivity contribution in [1.29, 1.82) is 0 Å². The Morgan fingerprint density at radius 1 is 1.42 bits per heavy atom. The number of hydrogen-bond donors (Lipinski definition) is 1. The third-order valence-electron chi connectivity index (χ3n) is 1.65. The van der Waals surface area contributed by atoms with E-state index in [0.717, 1.165) is 38.7 Å². The van der Waals surface area contributed by atoms with Gasteiger partial charge in [-0.25, -0.2) is 0 Å². The third kappa shape index (κ3) is 7.13. The van der Waals surface area contributed by atoms with Gasteiger partial charge in [-0.3, -0.25) is 4.29 Å². The van der Waals surface area contributed by atoms with E-state index in [1.807, 2.05) is 0 Å². The monoisotopic (exact) mass is 216 g/mol. The number of morpholine rings is 1. The first-order chi connectivity index (χ1) is 5.85. The first-order valence-electron chi connectivity index (χ1n) is 3.97. The number of alkyl halides is 1. The molecular weight excluding hydrogens is 201 g/mol. The molecule has 5 heteroatoms. The van der Waals surface area contributed by atoms with Crippen LogP contribution in [0.3, 0.4) is 0 Å². The Morgan fingerprint density at radius 3 is 2.33 bits per heavy atom. The summed E-state index contributed by atoms with van der Waals surface area (Å²) >= 11 is 10.1. The minimum absolute atomic E-state index is 0.773. The summed E-state index contributed by atoms with van der Waals surface area (Å²) in [4.78, 5) is 1.58. The van der Waals surface area contributed by atoms with Crippen molar-refractivity contribution in [3.63, 3.8) is 0 Å². The van der Waals surface area contributed by atoms with Gasteiger partial charge in [-0.2, -0.15) is 0 Å². The Morgan fingerprint density at radius 2 is 1.92 bits per heavy atom. The van der Waals surface area contributed by atoms with Crippen LogP contribution in [0, 0.1) is 0 Å². The molecule has 0 aromatic carbocycles. The second-order valence-electron chi connectivity index (χ2n) is 2.46. The van der Waals surface area contributed by atoms with Gasteiger partial charge in [0.1, 0.15) is 13.1 Å². The highest BCUT2D eigenvalue weighted by Gasteiger charge is 2.11. The molecule has 1 fully saturated rings. The normalized spacial score (nSPS) is 18.2. The molecule has 0 aromatic rings. The van der Waals surface area contributed by atoms with Gasteiger partial charge in [0.05, 0.1) is 44.6 Å². The van der Waals surface area contributed by atoms with E-state index in [-0.39, 0.29) is 0 Å². The molecule has 1 aliphatic heterocycles. The van der Waals surface area contributed by atoms with Gasteiger partial charge in [0.25, 0.3) is 0 Å². The van der Waals surface area contributed by atoms with Crippen LogP contribution in [0.4, 0.5) is 0 Å². The van der Waals surface area contributed by atoms with Gasteiger partial charge in [-0.15, -0.1) is 11.6 Å². The summed E-state index contributed by atoms with van der Waals surface area (Å²) < 4.78 is 8.90. The van der Waals surface area contributed by atoms with Gasteiger partial charge < -0.3 is 9.64 Å². The second-order valence-corrected chi connectivity index (χ2v) is 3.14. The number of halogens is 2. The lowest BCUT2D eigenvalue weighted by Gasteiger charge is -2.22. The second kappa shape index (κ2) is 9.55. The van der Waals surface area contributed by atoms with Crippen molar-refractivity contribution in [1.82, 2.24) is 0 Å². The zero-order chi connectivity index (χ0) is 9.23. The molecule has 0 bridgehead atoms. The Kier molecular flexibility index (Phi) is 9.91. The summed E-state index contributed by atoms with van der Waals surface area (Å²) in [5.41, 5.74) is 0. The SMILES string of the molecule is COCl.ClCC[NH+]1CCOCC1. The molecule has 0 aliphatic carbocycles. The van der Waals surface area contributed by atoms with Gasteiger partial charge in [0.2, 0.25) is 0 Å². The number of hydrogen-bond acceptors (Lipinski definition) is 2. The van der Waals surface area contributed by atoms with Crippen LogP contribution in [0.1, 0.15) is 0 Å². The summed E-state index contributed by atoms with van der Waals surface area (Å²) in [5.74, 6) is 0.773. The van der Waals surface area contributed by atoms with Gasteiger partial charge in [0.15, 0.2) is 0 Å². The molecule has 1 saturated heterocycles. The van der Waals surface area contributed by atoms with Crippen molar-refractivity contribution in [2.75, 3.05) is 45.8 Å². The fourth-order valence-corrected chi connectivity index (χ4v) is 1.31. The molecule has 3 nitrogen and oxygen atoms in total. The van der Waals surface area contributed by atoms with Crippen molar-refractivity contribution >= 4 is 23.5 Å². The van der Waals surface area contributed by atoms with Crippen molar-refractivity contribution in [3.8, 4) is 0 Å². The number of ether oxygens (including phenoxy) is 1. The van der Waals surface area contributed by atoms with E-state index in [0.29, 0.717) is 0 Å². The summed E-state index contributed by atoms with van der Waals surface area (Å²) in [7, 11) is 1.39. The smallest absolute Gasteiger partial charge is 0.101 e. The quantitative estimate of drug-likeness (QED) is 0.654. The summed E-state index contributed by atoms with van der Waals surface area (Å²) in [5, 5.41) is 0. The first kappa shape index (κ1) is 12.5. The molecule has 1 aliphatic rings. The van der Waals surface area contributed by atoms with Crippen LogP contribution in [0.2, 0.25) is 0 Å². The predicted octanol–water partition coefficient (Wildman–Crippen LogP) is -0.0731. The van der Waals surface area contributed by atoms with E-state index in [1.54, 1.807) is 4.90 Å². The average Bonchev–Trinajstić information content (AvgIpc) is 2.08. The molecule has 0 unspecified atom stereocenters. The molecular formula is C7H16Cl2NO2+. The van der Waals surface area contributed by atoms with Crippen LogP contribution in [-0.2, 0) is 9.03 Å². The maximum Gasteiger partial charge on any atom is 0.101 e. The van der Waals surface area contributed by atoms with E-state index in [9.17, 15) is 0 Å². The molecule has 12 heavy (non-hydrogen) atoms. The van der Waals surface area contributed by atoms with Crippen LogP contribution in [0.15, 0.2) is 0 Å². The standard InChI is InChI=1S/C6H12ClNO.CH3ClO/c7-1-2-8-3-5-9-6-4-8;1-3-2/h1-6H2;1H3/p+1. The highest BCUT2D eigenvalue weighted by atomic mass is 35.5. The fraction of sp³-hybridized carbons (Fsp3) is 1.00. The van der Waals surface area contributed by atoms with Crippen LogP contribution < -0.4 is 4.90 Å². The van der Waals surface area contributed by atoms with Gasteiger partial charge in [-0.1, -0.05) is 0 Å². The Bertz CT molecular complexity index is 86.7. The fourth-order valence-electron chi connectivity index (χ4n) is 1.04. The summed E-state index contributed by atoms with van der Waals surface area (Å²) in [6.07, 6.45) is 0. The highest BCUT2D eigenvalue weighted by molar-refractivity contribution is 6.17. The number of quaternary nitrogens is 1. The van der Waals surface area contributed by atoms with Crippen LogP contribution in [0.5, 0.6) is 0 Å². The first-order valence-corrected chi connectivity index (χ1v) is 4.81. The maximum atomic E-state index is 5.57. The van der Waals surface area contributed by atoms with Gasteiger partial charge in [-0.05, 0) is 0 Å². The molecule has 0 saturated carbocycles. The van der Waals surface area contributed by atoms with Crippen LogP contribution in [0.25, 0.3) is 0 Å². The lowest BCUT2D eigenvalue weighted by Crippen LogP contribution is -3.14. The predicted molar refractivity (Wildman–Crippen MR) is 50.0 cm³/mol. The van der Waals surface area contributed by atoms with Crippen LogP contribution >= 0.6 is 23.5 Å². The van der Waals surface area contributed by atoms with Crippen molar-refractivity contribution in [2.45, 2.75) is 0 Å². The molecule has 0 aromatic heterocycles. The molecule has 1 N–H and O–H groups in total. The van der Waals surface area contributed by atoms with E-state index < -0.39 is 0 Å². The maximum absolute atomic E-state index is 5.57. The van der Waals surface area contributed by atoms with Crippen molar-refractivity contribution < 1.29 is 13.9 Å². The molecule has 0 amide bonds. The summed E-state index contributed by atoms with van der Waals surface area (Å²) in [6.45, 7) is 5.17. The molecule has 0 spiro atoms. The van der Waals surface area contributed by atoms with Gasteiger partial charge >= 0.3 is 0 Å². The van der Waals surface area contributed by atoms with E-state index in [4.69, 9.17) is 16.3 Å². The Hall–Kier alpha value is 0.460. The molecule has 1 rings (SSSR count). The highest BCUT2D eigenvalue weighted by Crippen LogP contribution is 1.75. The summed E-state index contributed by atoms with van der Waals surface area (Å²) in [6, 6.07) is 0. The number of nitrogens with one attached hydrogen (secondary N) is 1. The van der Waals surface area contributed by atoms with E-state index >= 15 is 0 Å². The Labute approximate surface area is 83.7 Å². The minimum atomic E-state index is 0.773. The third-order valence-corrected chi connectivity index (χ3v) is 1.84. The molecule has 1 heterocycles. The molecule has 74 valence electrons. The van der Waals surface area contributed by atoms with Crippen molar-refractivity contribution in [2.24, 2.45) is 0 Å². The number of rotatable bonds is 2. The minimum Gasteiger partial charge on any atom is -0.370 e. The zero-order valence-corrected chi connectivity index (χ0v) is 8.83. The lowest BCUT2D eigenvalue weighted by molar-refractivity contribution is -0.905. The zero-order valence-electron chi connectivity index (χ0n) is 7.32. The van der Waals surface area contributed by atoms with Crippen LogP contribution in [-0.4, -0.2) is 45.8 Å². The average molecular weight is 217 g/mol. The van der Waals surface area contributed by atoms with Gasteiger partial charge in [0, 0.05) is 0 Å². The molecule has 0 atom stereocenters. The van der Waals surface area contributed by atoms with E-state index in [2.05, 4.69) is 16.2 Å². The Balaban J connectivity index is 0.000000354. The lowest BCUT2D eigenvalue weighted by atomic mass is 10.4. The molecule has 0 radical (unpaired) electrons. The largest absolute Gasteiger partial charge is 0.370 e. The van der Waals surface area contributed by atoms with Crippen molar-refractivity contribution in [3.05, 3.63) is 0 Å². The topological polar surface area (TPSA) is 22.9 Å².